The van der Waals surface area contributed by atoms with Gasteiger partial charge in [-0.15, -0.1) is 0 Å². The van der Waals surface area contributed by atoms with Gasteiger partial charge in [0.25, 0.3) is 0 Å². The van der Waals surface area contributed by atoms with E-state index in [9.17, 15) is 0 Å². The largest absolute Gasteiger partial charge is 0.398 e. The molecule has 0 radical (unpaired) electrons. The van der Waals surface area contributed by atoms with Crippen LogP contribution in [0, 0.1) is 0 Å². The number of hydrogen-bond donors (Lipinski definition) is 2. The van der Waals surface area contributed by atoms with Gasteiger partial charge in [-0.05, 0) is 24.3 Å². The summed E-state index contributed by atoms with van der Waals surface area (Å²) in [6, 6.07) is 10.00. The maximum atomic E-state index is 6.03. The lowest BCUT2D eigenvalue weighted by molar-refractivity contribution is 1.33. The molecule has 78 valence electrons. The summed E-state index contributed by atoms with van der Waals surface area (Å²) < 4.78 is 0. The molecule has 0 saturated carbocycles. The topological polar surface area (TPSA) is 54.7 Å². The quantitative estimate of drug-likeness (QED) is 0.605. The highest BCUT2D eigenvalue weighted by molar-refractivity contribution is 5.91. The molecule has 0 aliphatic rings. The molecule has 2 aromatic heterocycles. The molecule has 3 nitrogen and oxygen atoms in total. The molecule has 0 aliphatic carbocycles. The molecule has 0 spiro atoms. The van der Waals surface area contributed by atoms with Crippen molar-refractivity contribution in [3.8, 4) is 11.1 Å². The van der Waals surface area contributed by atoms with E-state index in [1.165, 1.54) is 0 Å². The lowest BCUT2D eigenvalue weighted by atomic mass is 10.0. The molecule has 3 heteroatoms. The van der Waals surface area contributed by atoms with Gasteiger partial charge in [-0.1, -0.05) is 6.07 Å². The minimum atomic E-state index is 0.767. The van der Waals surface area contributed by atoms with Gasteiger partial charge >= 0.3 is 0 Å². The molecule has 0 aliphatic heterocycles. The van der Waals surface area contributed by atoms with Crippen LogP contribution < -0.4 is 5.73 Å². The van der Waals surface area contributed by atoms with E-state index in [-0.39, 0.29) is 0 Å². The van der Waals surface area contributed by atoms with Crippen LogP contribution in [0.15, 0.2) is 48.9 Å². The standard InChI is InChI=1S/C13H11N3/c14-12-7-13-9(3-5-16-13)6-11(12)10-2-1-4-15-8-10/h1-8,16H,14H2. The molecule has 2 heterocycles. The highest BCUT2D eigenvalue weighted by Crippen LogP contribution is 2.29. The van der Waals surface area contributed by atoms with E-state index in [2.05, 4.69) is 16.0 Å². The van der Waals surface area contributed by atoms with E-state index in [0.717, 1.165) is 27.7 Å². The van der Waals surface area contributed by atoms with Crippen LogP contribution in [0.5, 0.6) is 0 Å². The zero-order valence-corrected chi connectivity index (χ0v) is 8.64. The first-order valence-corrected chi connectivity index (χ1v) is 5.11. The molecule has 0 fully saturated rings. The van der Waals surface area contributed by atoms with Crippen LogP contribution in [0.3, 0.4) is 0 Å². The Morgan fingerprint density at radius 2 is 2.12 bits per heavy atom. The molecule has 0 atom stereocenters. The molecule has 1 aromatic carbocycles. The summed E-state index contributed by atoms with van der Waals surface area (Å²) in [5.41, 5.74) is 9.93. The highest BCUT2D eigenvalue weighted by atomic mass is 14.7. The summed E-state index contributed by atoms with van der Waals surface area (Å²) in [5, 5.41) is 1.16. The molecule has 3 N–H and O–H groups in total. The highest BCUT2D eigenvalue weighted by Gasteiger charge is 2.05. The van der Waals surface area contributed by atoms with Gasteiger partial charge in [0.1, 0.15) is 0 Å². The van der Waals surface area contributed by atoms with Crippen LogP contribution in [-0.4, -0.2) is 9.97 Å². The summed E-state index contributed by atoms with van der Waals surface area (Å²) in [4.78, 5) is 7.25. The first-order valence-electron chi connectivity index (χ1n) is 5.11. The number of H-pyrrole nitrogens is 1. The number of hydrogen-bond acceptors (Lipinski definition) is 2. The predicted octanol–water partition coefficient (Wildman–Crippen LogP) is 2.81. The molecule has 16 heavy (non-hydrogen) atoms. The van der Waals surface area contributed by atoms with Gasteiger partial charge in [0, 0.05) is 46.3 Å². The van der Waals surface area contributed by atoms with Crippen LogP contribution >= 0.6 is 0 Å². The fourth-order valence-electron chi connectivity index (χ4n) is 1.89. The van der Waals surface area contributed by atoms with E-state index < -0.39 is 0 Å². The molecule has 0 saturated heterocycles. The van der Waals surface area contributed by atoms with Crippen LogP contribution in [0.25, 0.3) is 22.0 Å². The second-order valence-electron chi connectivity index (χ2n) is 3.75. The Balaban J connectivity index is 2.27. The number of pyridine rings is 1. The van der Waals surface area contributed by atoms with Gasteiger partial charge < -0.3 is 10.7 Å². The van der Waals surface area contributed by atoms with Gasteiger partial charge in [0.05, 0.1) is 0 Å². The van der Waals surface area contributed by atoms with Crippen LogP contribution in [0.4, 0.5) is 5.69 Å². The summed E-state index contributed by atoms with van der Waals surface area (Å²) in [5.74, 6) is 0. The van der Waals surface area contributed by atoms with Gasteiger partial charge in [0.15, 0.2) is 0 Å². The molecule has 0 amide bonds. The summed E-state index contributed by atoms with van der Waals surface area (Å²) >= 11 is 0. The van der Waals surface area contributed by atoms with Crippen molar-refractivity contribution >= 4 is 16.6 Å². The molecular formula is C13H11N3. The van der Waals surface area contributed by atoms with Crippen molar-refractivity contribution in [1.29, 1.82) is 0 Å². The lowest BCUT2D eigenvalue weighted by Gasteiger charge is -2.05. The van der Waals surface area contributed by atoms with Crippen molar-refractivity contribution in [3.63, 3.8) is 0 Å². The Labute approximate surface area is 92.9 Å². The maximum Gasteiger partial charge on any atom is 0.0475 e. The number of nitrogen functional groups attached to an aromatic ring is 1. The van der Waals surface area contributed by atoms with Gasteiger partial charge in [0.2, 0.25) is 0 Å². The van der Waals surface area contributed by atoms with Crippen molar-refractivity contribution in [3.05, 3.63) is 48.9 Å². The second kappa shape index (κ2) is 3.38. The Morgan fingerprint density at radius 1 is 1.19 bits per heavy atom. The number of aromatic amines is 1. The number of rotatable bonds is 1. The zero-order valence-electron chi connectivity index (χ0n) is 8.64. The average Bonchev–Trinajstić information content (AvgIpc) is 2.76. The maximum absolute atomic E-state index is 6.03. The van der Waals surface area contributed by atoms with Crippen LogP contribution in [-0.2, 0) is 0 Å². The number of nitrogens with zero attached hydrogens (tertiary/aromatic N) is 1. The molecule has 3 aromatic rings. The predicted molar refractivity (Wildman–Crippen MR) is 65.9 cm³/mol. The minimum Gasteiger partial charge on any atom is -0.398 e. The Morgan fingerprint density at radius 3 is 2.94 bits per heavy atom. The van der Waals surface area contributed by atoms with Gasteiger partial charge in [-0.25, -0.2) is 0 Å². The smallest absolute Gasteiger partial charge is 0.0475 e. The Kier molecular flexibility index (Phi) is 1.90. The molecule has 0 bridgehead atoms. The summed E-state index contributed by atoms with van der Waals surface area (Å²) in [6.45, 7) is 0. The summed E-state index contributed by atoms with van der Waals surface area (Å²) in [7, 11) is 0. The fraction of sp³-hybridized carbons (Fsp3) is 0. The van der Waals surface area contributed by atoms with Crippen molar-refractivity contribution in [1.82, 2.24) is 9.97 Å². The number of benzene rings is 1. The number of aromatic nitrogens is 2. The van der Waals surface area contributed by atoms with E-state index in [4.69, 9.17) is 5.73 Å². The van der Waals surface area contributed by atoms with E-state index in [1.807, 2.05) is 36.7 Å². The van der Waals surface area contributed by atoms with Gasteiger partial charge in [-0.2, -0.15) is 0 Å². The molecule has 0 unspecified atom stereocenters. The fourth-order valence-corrected chi connectivity index (χ4v) is 1.89. The number of nitrogens with two attached hydrogens (primary N) is 1. The van der Waals surface area contributed by atoms with Crippen molar-refractivity contribution < 1.29 is 0 Å². The van der Waals surface area contributed by atoms with E-state index in [1.54, 1.807) is 6.20 Å². The molecular weight excluding hydrogens is 198 g/mol. The Bertz CT molecular complexity index is 626. The zero-order chi connectivity index (χ0) is 11.0. The third-order valence-electron chi connectivity index (χ3n) is 2.70. The lowest BCUT2D eigenvalue weighted by Crippen LogP contribution is -1.90. The van der Waals surface area contributed by atoms with Crippen molar-refractivity contribution in [2.24, 2.45) is 0 Å². The molecule has 3 rings (SSSR count). The normalized spacial score (nSPS) is 10.8. The number of anilines is 1. The second-order valence-corrected chi connectivity index (χ2v) is 3.75. The number of fused-ring (bicyclic) bond motifs is 1. The summed E-state index contributed by atoms with van der Waals surface area (Å²) in [6.07, 6.45) is 5.50. The number of nitrogens with one attached hydrogen (secondary N) is 1. The van der Waals surface area contributed by atoms with E-state index >= 15 is 0 Å². The van der Waals surface area contributed by atoms with Crippen molar-refractivity contribution in [2.75, 3.05) is 5.73 Å². The van der Waals surface area contributed by atoms with Crippen molar-refractivity contribution in [2.45, 2.75) is 0 Å². The van der Waals surface area contributed by atoms with Crippen LogP contribution in [0.1, 0.15) is 0 Å². The Hall–Kier alpha value is -2.29. The van der Waals surface area contributed by atoms with E-state index in [0.29, 0.717) is 0 Å². The third-order valence-corrected chi connectivity index (χ3v) is 2.70. The monoisotopic (exact) mass is 209 g/mol. The average molecular weight is 209 g/mol. The SMILES string of the molecule is Nc1cc2[nH]ccc2cc1-c1cccnc1. The first kappa shape index (κ1) is 8.97. The van der Waals surface area contributed by atoms with Gasteiger partial charge in [-0.3, -0.25) is 4.98 Å². The first-order chi connectivity index (χ1) is 7.84. The minimum absolute atomic E-state index is 0.767. The van der Waals surface area contributed by atoms with Crippen LogP contribution in [0.2, 0.25) is 0 Å². The third kappa shape index (κ3) is 1.34.